The van der Waals surface area contributed by atoms with Gasteiger partial charge in [-0.05, 0) is 19.3 Å². The summed E-state index contributed by atoms with van der Waals surface area (Å²) in [5.41, 5.74) is 4.75. The van der Waals surface area contributed by atoms with Crippen molar-refractivity contribution in [3.05, 3.63) is 0 Å². The summed E-state index contributed by atoms with van der Waals surface area (Å²) in [5, 5.41) is 14.7. The summed E-state index contributed by atoms with van der Waals surface area (Å²) in [6, 6.07) is -0.139. The van der Waals surface area contributed by atoms with Gasteiger partial charge in [-0.3, -0.25) is 4.79 Å². The summed E-state index contributed by atoms with van der Waals surface area (Å²) in [4.78, 5) is 25.6. The molecule has 0 radical (unpaired) electrons. The fourth-order valence-electron chi connectivity index (χ4n) is 2.71. The molecule has 1 fully saturated rings. The smallest absolute Gasteiger partial charge is 0.407 e. The van der Waals surface area contributed by atoms with Crippen molar-refractivity contribution in [2.24, 2.45) is 16.3 Å². The van der Waals surface area contributed by atoms with Crippen molar-refractivity contribution < 1.29 is 19.5 Å². The van der Waals surface area contributed by atoms with Gasteiger partial charge in [0.05, 0.1) is 13.2 Å². The molecule has 2 amide bonds. The zero-order chi connectivity index (χ0) is 16.0. The Bertz CT molecular complexity index is 420. The number of methoxy groups -OCH3 is 1. The predicted molar refractivity (Wildman–Crippen MR) is 76.9 cm³/mol. The van der Waals surface area contributed by atoms with Crippen molar-refractivity contribution >= 4 is 17.8 Å². The molecule has 8 heteroatoms. The van der Waals surface area contributed by atoms with Gasteiger partial charge in [-0.1, -0.05) is 19.0 Å². The SMILES string of the molecule is CCC(CC)(C(=O)N1CCC(NC(=O)OC)C1)C(N)=NO. The minimum Gasteiger partial charge on any atom is -0.453 e. The first-order valence-electron chi connectivity index (χ1n) is 7.07. The van der Waals surface area contributed by atoms with Crippen molar-refractivity contribution in [3.8, 4) is 0 Å². The van der Waals surface area contributed by atoms with Gasteiger partial charge in [-0.2, -0.15) is 0 Å². The van der Waals surface area contributed by atoms with Crippen LogP contribution in [-0.2, 0) is 9.53 Å². The summed E-state index contributed by atoms with van der Waals surface area (Å²) in [6.45, 7) is 4.59. The molecule has 1 aliphatic rings. The number of carbonyl (C=O) groups is 2. The van der Waals surface area contributed by atoms with Crippen LogP contribution in [0.2, 0.25) is 0 Å². The van der Waals surface area contributed by atoms with Crippen LogP contribution in [0.1, 0.15) is 33.1 Å². The summed E-state index contributed by atoms with van der Waals surface area (Å²) in [7, 11) is 1.30. The van der Waals surface area contributed by atoms with Gasteiger partial charge < -0.3 is 25.9 Å². The van der Waals surface area contributed by atoms with Crippen LogP contribution in [0.4, 0.5) is 4.79 Å². The van der Waals surface area contributed by atoms with E-state index in [0.717, 1.165) is 0 Å². The molecular weight excluding hydrogens is 276 g/mol. The summed E-state index contributed by atoms with van der Waals surface area (Å²) in [6.07, 6.45) is 1.04. The Labute approximate surface area is 124 Å². The maximum atomic E-state index is 12.7. The third kappa shape index (κ3) is 3.37. The van der Waals surface area contributed by atoms with E-state index in [0.29, 0.717) is 32.4 Å². The number of nitrogens with two attached hydrogens (primary N) is 1. The molecule has 1 atom stereocenters. The topological polar surface area (TPSA) is 117 Å². The van der Waals surface area contributed by atoms with Crippen LogP contribution in [0.25, 0.3) is 0 Å². The fraction of sp³-hybridized carbons (Fsp3) is 0.769. The molecule has 0 saturated carbocycles. The average Bonchev–Trinajstić information content (AvgIpc) is 2.96. The highest BCUT2D eigenvalue weighted by Crippen LogP contribution is 2.31. The number of alkyl carbamates (subject to hydrolysis) is 1. The van der Waals surface area contributed by atoms with E-state index in [2.05, 4.69) is 15.2 Å². The van der Waals surface area contributed by atoms with Crippen molar-refractivity contribution in [2.75, 3.05) is 20.2 Å². The lowest BCUT2D eigenvalue weighted by atomic mass is 9.79. The van der Waals surface area contributed by atoms with Crippen LogP contribution < -0.4 is 11.1 Å². The maximum Gasteiger partial charge on any atom is 0.407 e. The number of nitrogens with one attached hydrogen (secondary N) is 1. The van der Waals surface area contributed by atoms with Crippen LogP contribution in [0, 0.1) is 5.41 Å². The zero-order valence-electron chi connectivity index (χ0n) is 12.8. The van der Waals surface area contributed by atoms with E-state index in [-0.39, 0.29) is 17.8 Å². The minimum absolute atomic E-state index is 0.0677. The van der Waals surface area contributed by atoms with Gasteiger partial charge in [0, 0.05) is 13.1 Å². The van der Waals surface area contributed by atoms with Gasteiger partial charge in [0.25, 0.3) is 0 Å². The van der Waals surface area contributed by atoms with Crippen molar-refractivity contribution in [1.29, 1.82) is 0 Å². The van der Waals surface area contributed by atoms with Crippen molar-refractivity contribution in [2.45, 2.75) is 39.2 Å². The fourth-order valence-corrected chi connectivity index (χ4v) is 2.71. The predicted octanol–water partition coefficient (Wildman–Crippen LogP) is 0.496. The molecule has 1 rings (SSSR count). The molecule has 0 aromatic carbocycles. The van der Waals surface area contributed by atoms with Crippen LogP contribution in [0.3, 0.4) is 0 Å². The Hall–Kier alpha value is -1.99. The second-order valence-electron chi connectivity index (χ2n) is 5.15. The molecule has 8 nitrogen and oxygen atoms in total. The molecule has 4 N–H and O–H groups in total. The number of likely N-dealkylation sites (tertiary alicyclic amines) is 1. The van der Waals surface area contributed by atoms with Gasteiger partial charge in [0.2, 0.25) is 5.91 Å². The molecule has 1 aliphatic heterocycles. The van der Waals surface area contributed by atoms with E-state index in [1.807, 2.05) is 13.8 Å². The van der Waals surface area contributed by atoms with E-state index in [1.54, 1.807) is 4.90 Å². The standard InChI is InChI=1S/C13H24N4O4/c1-4-13(5-2,10(14)16-20)11(18)17-7-6-9(8-17)15-12(19)21-3/h9,20H,4-8H2,1-3H3,(H2,14,16)(H,15,19). The molecule has 1 heterocycles. The molecule has 1 saturated heterocycles. The number of amidine groups is 1. The number of rotatable bonds is 5. The first kappa shape index (κ1) is 17.1. The van der Waals surface area contributed by atoms with E-state index < -0.39 is 11.5 Å². The van der Waals surface area contributed by atoms with Gasteiger partial charge in [-0.15, -0.1) is 0 Å². The summed E-state index contributed by atoms with van der Waals surface area (Å²) >= 11 is 0. The van der Waals surface area contributed by atoms with E-state index in [1.165, 1.54) is 7.11 Å². The van der Waals surface area contributed by atoms with Gasteiger partial charge in [0.15, 0.2) is 5.84 Å². The van der Waals surface area contributed by atoms with Gasteiger partial charge >= 0.3 is 6.09 Å². The lowest BCUT2D eigenvalue weighted by Gasteiger charge is -2.33. The van der Waals surface area contributed by atoms with Crippen LogP contribution >= 0.6 is 0 Å². The normalized spacial score (nSPS) is 19.5. The van der Waals surface area contributed by atoms with Gasteiger partial charge in [0.1, 0.15) is 5.41 Å². The Balaban J connectivity index is 2.81. The minimum atomic E-state index is -0.991. The molecule has 0 aliphatic carbocycles. The van der Waals surface area contributed by atoms with E-state index >= 15 is 0 Å². The summed E-state index contributed by atoms with van der Waals surface area (Å²) in [5.74, 6) is -0.237. The zero-order valence-corrected chi connectivity index (χ0v) is 12.8. The van der Waals surface area contributed by atoms with Crippen molar-refractivity contribution in [3.63, 3.8) is 0 Å². The number of carbonyl (C=O) groups excluding carboxylic acids is 2. The van der Waals surface area contributed by atoms with Crippen LogP contribution in [-0.4, -0.2) is 54.2 Å². The average molecular weight is 300 g/mol. The molecule has 120 valence electrons. The Morgan fingerprint density at radius 2 is 2.10 bits per heavy atom. The highest BCUT2D eigenvalue weighted by Gasteiger charge is 2.44. The number of ether oxygens (including phenoxy) is 1. The Kier molecular flexibility index (Phi) is 5.80. The highest BCUT2D eigenvalue weighted by molar-refractivity contribution is 6.06. The molecular formula is C13H24N4O4. The Morgan fingerprint density at radius 3 is 2.57 bits per heavy atom. The lowest BCUT2D eigenvalue weighted by Crippen LogP contribution is -2.51. The second-order valence-corrected chi connectivity index (χ2v) is 5.15. The number of oxime groups is 1. The van der Waals surface area contributed by atoms with E-state index in [4.69, 9.17) is 10.9 Å². The number of hydrogen-bond donors (Lipinski definition) is 3. The molecule has 0 aromatic heterocycles. The monoisotopic (exact) mass is 300 g/mol. The number of hydrogen-bond acceptors (Lipinski definition) is 5. The lowest BCUT2D eigenvalue weighted by molar-refractivity contribution is -0.137. The molecule has 1 unspecified atom stereocenters. The first-order valence-corrected chi connectivity index (χ1v) is 7.07. The Morgan fingerprint density at radius 1 is 1.48 bits per heavy atom. The highest BCUT2D eigenvalue weighted by atomic mass is 16.5. The van der Waals surface area contributed by atoms with E-state index in [9.17, 15) is 9.59 Å². The molecule has 0 aromatic rings. The van der Waals surface area contributed by atoms with Crippen LogP contribution in [0.5, 0.6) is 0 Å². The summed E-state index contributed by atoms with van der Waals surface area (Å²) < 4.78 is 4.55. The number of amides is 2. The molecule has 21 heavy (non-hydrogen) atoms. The third-order valence-corrected chi connectivity index (χ3v) is 4.20. The van der Waals surface area contributed by atoms with Gasteiger partial charge in [-0.25, -0.2) is 4.79 Å². The molecule has 0 bridgehead atoms. The maximum absolute atomic E-state index is 12.7. The quantitative estimate of drug-likeness (QED) is 0.296. The molecule has 0 spiro atoms. The first-order chi connectivity index (χ1) is 9.94. The largest absolute Gasteiger partial charge is 0.453 e. The number of nitrogens with zero attached hydrogens (tertiary/aromatic N) is 2. The third-order valence-electron chi connectivity index (χ3n) is 4.20. The van der Waals surface area contributed by atoms with Crippen LogP contribution in [0.15, 0.2) is 5.16 Å². The van der Waals surface area contributed by atoms with Crippen molar-refractivity contribution in [1.82, 2.24) is 10.2 Å². The second kappa shape index (κ2) is 7.14.